The summed E-state index contributed by atoms with van der Waals surface area (Å²) in [7, 11) is 1.37. The molecule has 8 heteroatoms. The third-order valence-corrected chi connectivity index (χ3v) is 3.25. The Balaban J connectivity index is 1.88. The Morgan fingerprint density at radius 1 is 1.12 bits per heavy atom. The van der Waals surface area contributed by atoms with Crippen molar-refractivity contribution in [2.45, 2.75) is 0 Å². The smallest absolute Gasteiger partial charge is 0.275 e. The SMILES string of the molecule is COc1ncc(NC(=O)c2cnc3ccccc3n2)cc1C(N)=O. The molecule has 0 saturated heterocycles. The van der Waals surface area contributed by atoms with Gasteiger partial charge in [0.25, 0.3) is 11.8 Å². The zero-order valence-electron chi connectivity index (χ0n) is 12.7. The van der Waals surface area contributed by atoms with Crippen molar-refractivity contribution < 1.29 is 14.3 Å². The lowest BCUT2D eigenvalue weighted by Crippen LogP contribution is -2.17. The second kappa shape index (κ2) is 6.29. The van der Waals surface area contributed by atoms with E-state index in [1.807, 2.05) is 12.1 Å². The maximum atomic E-state index is 12.3. The number of amides is 2. The number of benzene rings is 1. The fourth-order valence-electron chi connectivity index (χ4n) is 2.12. The summed E-state index contributed by atoms with van der Waals surface area (Å²) >= 11 is 0. The van der Waals surface area contributed by atoms with E-state index in [9.17, 15) is 9.59 Å². The van der Waals surface area contributed by atoms with Gasteiger partial charge in [0, 0.05) is 0 Å². The minimum Gasteiger partial charge on any atom is -0.480 e. The number of hydrogen-bond donors (Lipinski definition) is 2. The summed E-state index contributed by atoms with van der Waals surface area (Å²) in [6, 6.07) is 8.60. The van der Waals surface area contributed by atoms with Gasteiger partial charge in [0.1, 0.15) is 11.3 Å². The second-order valence-corrected chi connectivity index (χ2v) is 4.84. The molecule has 24 heavy (non-hydrogen) atoms. The van der Waals surface area contributed by atoms with E-state index in [4.69, 9.17) is 10.5 Å². The third kappa shape index (κ3) is 2.98. The number of rotatable bonds is 4. The Morgan fingerprint density at radius 2 is 1.88 bits per heavy atom. The van der Waals surface area contributed by atoms with Gasteiger partial charge in [-0.15, -0.1) is 0 Å². The van der Waals surface area contributed by atoms with Crippen LogP contribution in [0.3, 0.4) is 0 Å². The van der Waals surface area contributed by atoms with Crippen LogP contribution >= 0.6 is 0 Å². The monoisotopic (exact) mass is 323 g/mol. The van der Waals surface area contributed by atoms with E-state index in [1.165, 1.54) is 25.6 Å². The number of anilines is 1. The van der Waals surface area contributed by atoms with Crippen LogP contribution in [-0.4, -0.2) is 33.9 Å². The predicted octanol–water partition coefficient (Wildman–Crippen LogP) is 1.38. The van der Waals surface area contributed by atoms with E-state index in [-0.39, 0.29) is 17.1 Å². The van der Waals surface area contributed by atoms with Gasteiger partial charge in [-0.2, -0.15) is 0 Å². The quantitative estimate of drug-likeness (QED) is 0.748. The summed E-state index contributed by atoms with van der Waals surface area (Å²) < 4.78 is 4.95. The zero-order valence-corrected chi connectivity index (χ0v) is 12.7. The molecule has 8 nitrogen and oxygen atoms in total. The van der Waals surface area contributed by atoms with E-state index in [0.717, 1.165) is 0 Å². The molecule has 3 rings (SSSR count). The van der Waals surface area contributed by atoms with Crippen molar-refractivity contribution in [3.8, 4) is 5.88 Å². The van der Waals surface area contributed by atoms with Crippen LogP contribution < -0.4 is 15.8 Å². The van der Waals surface area contributed by atoms with Crippen LogP contribution in [0.2, 0.25) is 0 Å². The lowest BCUT2D eigenvalue weighted by molar-refractivity contribution is 0.0992. The van der Waals surface area contributed by atoms with Crippen molar-refractivity contribution in [3.05, 3.63) is 54.0 Å². The van der Waals surface area contributed by atoms with Crippen LogP contribution in [0.15, 0.2) is 42.7 Å². The molecule has 0 atom stereocenters. The van der Waals surface area contributed by atoms with Crippen molar-refractivity contribution in [3.63, 3.8) is 0 Å². The standard InChI is InChI=1S/C16H13N5O3/c1-24-16-10(14(17)22)6-9(7-19-16)20-15(23)13-8-18-11-4-2-3-5-12(11)21-13/h2-8H,1H3,(H2,17,22)(H,20,23). The Kier molecular flexibility index (Phi) is 4.02. The first kappa shape index (κ1) is 15.3. The maximum Gasteiger partial charge on any atom is 0.275 e. The molecule has 120 valence electrons. The largest absolute Gasteiger partial charge is 0.480 e. The molecule has 2 amide bonds. The lowest BCUT2D eigenvalue weighted by atomic mass is 10.2. The molecule has 0 aliphatic heterocycles. The fourth-order valence-corrected chi connectivity index (χ4v) is 2.12. The molecule has 3 N–H and O–H groups in total. The number of nitrogens with two attached hydrogens (primary N) is 1. The molecule has 0 radical (unpaired) electrons. The summed E-state index contributed by atoms with van der Waals surface area (Å²) in [5.41, 5.74) is 7.08. The van der Waals surface area contributed by atoms with Crippen LogP contribution in [0.4, 0.5) is 5.69 Å². The van der Waals surface area contributed by atoms with E-state index >= 15 is 0 Å². The highest BCUT2D eigenvalue weighted by molar-refractivity contribution is 6.04. The Bertz CT molecular complexity index is 942. The van der Waals surface area contributed by atoms with Crippen molar-refractivity contribution >= 4 is 28.5 Å². The van der Waals surface area contributed by atoms with Gasteiger partial charge in [-0.25, -0.2) is 9.97 Å². The van der Waals surface area contributed by atoms with E-state index in [2.05, 4.69) is 20.3 Å². The van der Waals surface area contributed by atoms with Crippen LogP contribution in [0, 0.1) is 0 Å². The highest BCUT2D eigenvalue weighted by Gasteiger charge is 2.14. The number of nitrogens with one attached hydrogen (secondary N) is 1. The third-order valence-electron chi connectivity index (χ3n) is 3.25. The minimum absolute atomic E-state index is 0.0693. The Labute approximate surface area is 136 Å². The van der Waals surface area contributed by atoms with Gasteiger partial charge in [-0.3, -0.25) is 14.6 Å². The molecule has 0 unspecified atom stereocenters. The first-order valence-electron chi connectivity index (χ1n) is 6.95. The first-order valence-corrected chi connectivity index (χ1v) is 6.95. The molecule has 1 aromatic carbocycles. The van der Waals surface area contributed by atoms with E-state index in [0.29, 0.717) is 16.7 Å². The van der Waals surface area contributed by atoms with Crippen LogP contribution in [-0.2, 0) is 0 Å². The number of methoxy groups -OCH3 is 1. The van der Waals surface area contributed by atoms with Gasteiger partial charge in [-0.05, 0) is 18.2 Å². The average Bonchev–Trinajstić information content (AvgIpc) is 2.61. The fraction of sp³-hybridized carbons (Fsp3) is 0.0625. The molecule has 0 aliphatic rings. The topological polar surface area (TPSA) is 120 Å². The summed E-state index contributed by atoms with van der Waals surface area (Å²) in [6.07, 6.45) is 2.74. The number of fused-ring (bicyclic) bond motifs is 1. The molecule has 0 spiro atoms. The predicted molar refractivity (Wildman–Crippen MR) is 86.8 cm³/mol. The summed E-state index contributed by atoms with van der Waals surface area (Å²) in [4.78, 5) is 36.1. The molecule has 2 aromatic heterocycles. The van der Waals surface area contributed by atoms with Crippen LogP contribution in [0.25, 0.3) is 11.0 Å². The Hall–Kier alpha value is -3.55. The highest BCUT2D eigenvalue weighted by Crippen LogP contribution is 2.19. The number of pyridine rings is 1. The van der Waals surface area contributed by atoms with Gasteiger partial charge >= 0.3 is 0 Å². The van der Waals surface area contributed by atoms with Gasteiger partial charge < -0.3 is 15.8 Å². The van der Waals surface area contributed by atoms with E-state index < -0.39 is 11.8 Å². The second-order valence-electron chi connectivity index (χ2n) is 4.84. The number of hydrogen-bond acceptors (Lipinski definition) is 6. The van der Waals surface area contributed by atoms with Gasteiger partial charge in [0.2, 0.25) is 5.88 Å². The lowest BCUT2D eigenvalue weighted by Gasteiger charge is -2.08. The first-order chi connectivity index (χ1) is 11.6. The number of nitrogens with zero attached hydrogens (tertiary/aromatic N) is 3. The number of ether oxygens (including phenoxy) is 1. The molecule has 3 aromatic rings. The van der Waals surface area contributed by atoms with Gasteiger partial charge in [0.15, 0.2) is 0 Å². The summed E-state index contributed by atoms with van der Waals surface area (Å²) in [6.45, 7) is 0. The number of para-hydroxylation sites is 2. The molecule has 2 heterocycles. The Morgan fingerprint density at radius 3 is 2.58 bits per heavy atom. The molecule has 0 saturated carbocycles. The van der Waals surface area contributed by atoms with Crippen molar-refractivity contribution in [1.82, 2.24) is 15.0 Å². The summed E-state index contributed by atoms with van der Waals surface area (Å²) in [5, 5.41) is 2.60. The number of carbonyl (C=O) groups excluding carboxylic acids is 2. The number of carbonyl (C=O) groups is 2. The minimum atomic E-state index is -0.707. The molecular formula is C16H13N5O3. The van der Waals surface area contributed by atoms with Crippen LogP contribution in [0.1, 0.15) is 20.8 Å². The maximum absolute atomic E-state index is 12.3. The average molecular weight is 323 g/mol. The molecular weight excluding hydrogens is 310 g/mol. The molecule has 0 bridgehead atoms. The van der Waals surface area contributed by atoms with Gasteiger partial charge in [-0.1, -0.05) is 12.1 Å². The normalized spacial score (nSPS) is 10.4. The zero-order chi connectivity index (χ0) is 17.1. The molecule has 0 aliphatic carbocycles. The number of aromatic nitrogens is 3. The highest BCUT2D eigenvalue weighted by atomic mass is 16.5. The molecule has 0 fully saturated rings. The van der Waals surface area contributed by atoms with Crippen molar-refractivity contribution in [2.75, 3.05) is 12.4 Å². The summed E-state index contributed by atoms with van der Waals surface area (Å²) in [5.74, 6) is -1.09. The van der Waals surface area contributed by atoms with Crippen LogP contribution in [0.5, 0.6) is 5.88 Å². The van der Waals surface area contributed by atoms with Crippen molar-refractivity contribution in [2.24, 2.45) is 5.73 Å². The van der Waals surface area contributed by atoms with Gasteiger partial charge in [0.05, 0.1) is 36.2 Å². The van der Waals surface area contributed by atoms with Crippen molar-refractivity contribution in [1.29, 1.82) is 0 Å². The van der Waals surface area contributed by atoms with E-state index in [1.54, 1.807) is 12.1 Å². The number of primary amides is 1.